The Labute approximate surface area is 216 Å². The zero-order valence-electron chi connectivity index (χ0n) is 20.6. The predicted molar refractivity (Wildman–Crippen MR) is 144 cm³/mol. The van der Waals surface area contributed by atoms with E-state index in [0.29, 0.717) is 12.4 Å². The Hall–Kier alpha value is -4.65. The molecule has 0 unspecified atom stereocenters. The van der Waals surface area contributed by atoms with Crippen LogP contribution in [0.25, 0.3) is 10.8 Å². The first-order chi connectivity index (χ1) is 18.1. The molecule has 7 heteroatoms. The summed E-state index contributed by atoms with van der Waals surface area (Å²) in [5, 5.41) is 8.95. The average Bonchev–Trinajstić information content (AvgIpc) is 2.93. The fraction of sp³-hybridized carbons (Fsp3) is 0.167. The van der Waals surface area contributed by atoms with Gasteiger partial charge >= 0.3 is 6.09 Å². The van der Waals surface area contributed by atoms with Crippen molar-refractivity contribution in [2.24, 2.45) is 5.10 Å². The maximum Gasteiger partial charge on any atom is 0.407 e. The Balaban J connectivity index is 1.49. The summed E-state index contributed by atoms with van der Waals surface area (Å²) in [6.45, 7) is 2.37. The monoisotopic (exact) mass is 495 g/mol. The molecular formula is C30H29N3O4. The van der Waals surface area contributed by atoms with Gasteiger partial charge in [0.2, 0.25) is 5.91 Å². The fourth-order valence-corrected chi connectivity index (χ4v) is 3.92. The lowest BCUT2D eigenvalue weighted by Gasteiger charge is -2.18. The zero-order valence-corrected chi connectivity index (χ0v) is 20.6. The predicted octanol–water partition coefficient (Wildman–Crippen LogP) is 5.75. The van der Waals surface area contributed by atoms with E-state index >= 15 is 0 Å². The quantitative estimate of drug-likeness (QED) is 0.217. The van der Waals surface area contributed by atoms with Crippen molar-refractivity contribution in [3.8, 4) is 5.75 Å². The molecule has 4 rings (SSSR count). The molecule has 0 saturated heterocycles. The Morgan fingerprint density at radius 3 is 2.35 bits per heavy atom. The van der Waals surface area contributed by atoms with Gasteiger partial charge in [-0.1, -0.05) is 91.0 Å². The van der Waals surface area contributed by atoms with Gasteiger partial charge in [-0.15, -0.1) is 0 Å². The maximum atomic E-state index is 12.8. The summed E-state index contributed by atoms with van der Waals surface area (Å²) in [5.41, 5.74) is 5.19. The van der Waals surface area contributed by atoms with E-state index in [1.165, 1.54) is 0 Å². The van der Waals surface area contributed by atoms with Crippen molar-refractivity contribution < 1.29 is 19.1 Å². The highest BCUT2D eigenvalue weighted by atomic mass is 16.5. The normalized spacial score (nSPS) is 11.7. The van der Waals surface area contributed by atoms with E-state index in [0.717, 1.165) is 27.5 Å². The second-order valence-corrected chi connectivity index (χ2v) is 8.30. The van der Waals surface area contributed by atoms with Gasteiger partial charge in [-0.3, -0.25) is 4.79 Å². The van der Waals surface area contributed by atoms with Gasteiger partial charge < -0.3 is 14.8 Å². The highest BCUT2D eigenvalue weighted by Gasteiger charge is 2.19. The third-order valence-electron chi connectivity index (χ3n) is 5.71. The minimum absolute atomic E-state index is 0.00688. The van der Waals surface area contributed by atoms with E-state index in [-0.39, 0.29) is 18.9 Å². The highest BCUT2D eigenvalue weighted by molar-refractivity contribution is 6.02. The largest absolute Gasteiger partial charge is 0.488 e. The third kappa shape index (κ3) is 7.18. The van der Waals surface area contributed by atoms with E-state index in [9.17, 15) is 9.59 Å². The summed E-state index contributed by atoms with van der Waals surface area (Å²) in [7, 11) is 0. The van der Waals surface area contributed by atoms with Gasteiger partial charge in [0.15, 0.2) is 0 Å². The molecule has 0 aliphatic heterocycles. The van der Waals surface area contributed by atoms with Gasteiger partial charge in [0.25, 0.3) is 0 Å². The molecule has 0 aromatic heterocycles. The van der Waals surface area contributed by atoms with Crippen LogP contribution < -0.4 is 15.5 Å². The molecule has 0 bridgehead atoms. The fourth-order valence-electron chi connectivity index (χ4n) is 3.92. The summed E-state index contributed by atoms with van der Waals surface area (Å²) >= 11 is 0. The topological polar surface area (TPSA) is 89.0 Å². The van der Waals surface area contributed by atoms with E-state index in [1.807, 2.05) is 97.1 Å². The molecule has 0 aliphatic rings. The van der Waals surface area contributed by atoms with Crippen molar-refractivity contribution in [3.63, 3.8) is 0 Å². The lowest BCUT2D eigenvalue weighted by atomic mass is 10.0. The average molecular weight is 496 g/mol. The van der Waals surface area contributed by atoms with Gasteiger partial charge in [0.05, 0.1) is 25.3 Å². The number of fused-ring (bicyclic) bond motifs is 1. The van der Waals surface area contributed by atoms with Gasteiger partial charge in [0, 0.05) is 5.56 Å². The van der Waals surface area contributed by atoms with Crippen LogP contribution in [-0.4, -0.2) is 24.8 Å². The van der Waals surface area contributed by atoms with Crippen molar-refractivity contribution in [2.75, 3.05) is 6.61 Å². The first-order valence-corrected chi connectivity index (χ1v) is 12.1. The van der Waals surface area contributed by atoms with Crippen LogP contribution in [-0.2, 0) is 16.1 Å². The number of hydrogen-bond donors (Lipinski definition) is 2. The van der Waals surface area contributed by atoms with E-state index < -0.39 is 12.1 Å². The van der Waals surface area contributed by atoms with Crippen molar-refractivity contribution >= 4 is 29.0 Å². The molecule has 0 heterocycles. The third-order valence-corrected chi connectivity index (χ3v) is 5.71. The molecule has 0 radical (unpaired) electrons. The summed E-state index contributed by atoms with van der Waals surface area (Å²) in [6.07, 6.45) is 1.01. The molecule has 0 aliphatic carbocycles. The van der Waals surface area contributed by atoms with Crippen LogP contribution in [0.15, 0.2) is 102 Å². The second-order valence-electron chi connectivity index (χ2n) is 8.30. The molecule has 1 atom stereocenters. The minimum atomic E-state index is -0.580. The number of hydrazone groups is 1. The minimum Gasteiger partial charge on any atom is -0.488 e. The van der Waals surface area contributed by atoms with Gasteiger partial charge in [-0.2, -0.15) is 5.10 Å². The van der Waals surface area contributed by atoms with E-state index in [2.05, 4.69) is 15.8 Å². The number of rotatable bonds is 10. The molecule has 0 saturated carbocycles. The SMILES string of the molecule is CCOC(=O)N[C@@H](CC(=O)N/N=C\c1c(OCc2ccccc2)ccc2ccccc12)c1ccccc1. The number of carbonyl (C=O) groups excluding carboxylic acids is 2. The van der Waals surface area contributed by atoms with Crippen LogP contribution in [0.2, 0.25) is 0 Å². The second kappa shape index (κ2) is 12.9. The lowest BCUT2D eigenvalue weighted by molar-refractivity contribution is -0.121. The first kappa shape index (κ1) is 25.4. The maximum absolute atomic E-state index is 12.8. The molecule has 2 amide bonds. The Bertz CT molecular complexity index is 1360. The first-order valence-electron chi connectivity index (χ1n) is 12.1. The number of amides is 2. The van der Waals surface area contributed by atoms with Crippen LogP contribution in [0.5, 0.6) is 5.75 Å². The van der Waals surface area contributed by atoms with Crippen LogP contribution >= 0.6 is 0 Å². The standard InChI is InChI=1S/C30H29N3O4/c1-2-36-30(35)32-27(24-14-7-4-8-15-24)19-29(34)33-31-20-26-25-16-10-9-13-23(25)17-18-28(26)37-21-22-11-5-3-6-12-22/h3-18,20,27H,2,19,21H2,1H3,(H,32,35)(H,33,34)/b31-20-/t27-/m0/s1. The number of ether oxygens (including phenoxy) is 2. The molecule has 4 aromatic rings. The lowest BCUT2D eigenvalue weighted by Crippen LogP contribution is -2.33. The van der Waals surface area contributed by atoms with Crippen LogP contribution in [0.1, 0.15) is 36.1 Å². The molecule has 7 nitrogen and oxygen atoms in total. The van der Waals surface area contributed by atoms with Crippen molar-refractivity contribution in [1.82, 2.24) is 10.7 Å². The van der Waals surface area contributed by atoms with Crippen molar-refractivity contribution in [1.29, 1.82) is 0 Å². The van der Waals surface area contributed by atoms with Gasteiger partial charge in [-0.05, 0) is 34.9 Å². The number of carbonyl (C=O) groups is 2. The van der Waals surface area contributed by atoms with Gasteiger partial charge in [-0.25, -0.2) is 10.2 Å². The Morgan fingerprint density at radius 2 is 1.59 bits per heavy atom. The molecule has 188 valence electrons. The molecule has 0 spiro atoms. The number of hydrogen-bond acceptors (Lipinski definition) is 5. The highest BCUT2D eigenvalue weighted by Crippen LogP contribution is 2.27. The Morgan fingerprint density at radius 1 is 0.892 bits per heavy atom. The smallest absolute Gasteiger partial charge is 0.407 e. The molecular weight excluding hydrogens is 466 g/mol. The summed E-state index contributed by atoms with van der Waals surface area (Å²) in [6, 6.07) is 30.4. The summed E-state index contributed by atoms with van der Waals surface area (Å²) in [4.78, 5) is 24.8. The van der Waals surface area contributed by atoms with Crippen molar-refractivity contribution in [3.05, 3.63) is 114 Å². The van der Waals surface area contributed by atoms with Crippen LogP contribution in [0.3, 0.4) is 0 Å². The number of alkyl carbamates (subject to hydrolysis) is 1. The van der Waals surface area contributed by atoms with E-state index in [1.54, 1.807) is 13.1 Å². The number of nitrogens with one attached hydrogen (secondary N) is 2. The molecule has 0 fully saturated rings. The summed E-state index contributed by atoms with van der Waals surface area (Å²) in [5.74, 6) is 0.306. The van der Waals surface area contributed by atoms with Gasteiger partial charge in [0.1, 0.15) is 12.4 Å². The van der Waals surface area contributed by atoms with E-state index in [4.69, 9.17) is 9.47 Å². The molecule has 4 aromatic carbocycles. The Kier molecular flexibility index (Phi) is 8.86. The van der Waals surface area contributed by atoms with Crippen LogP contribution in [0, 0.1) is 0 Å². The van der Waals surface area contributed by atoms with Crippen LogP contribution in [0.4, 0.5) is 4.79 Å². The summed E-state index contributed by atoms with van der Waals surface area (Å²) < 4.78 is 11.1. The zero-order chi connectivity index (χ0) is 25.9. The number of benzene rings is 4. The molecule has 2 N–H and O–H groups in total. The van der Waals surface area contributed by atoms with Crippen molar-refractivity contribution in [2.45, 2.75) is 26.0 Å². The molecule has 37 heavy (non-hydrogen) atoms. The number of nitrogens with zero attached hydrogens (tertiary/aromatic N) is 1.